The average Bonchev–Trinajstić information content (AvgIpc) is 3.29. The lowest BCUT2D eigenvalue weighted by atomic mass is 10.1. The number of carbonyl (C=O) groups is 3. The summed E-state index contributed by atoms with van der Waals surface area (Å²) < 4.78 is 13.1. The van der Waals surface area contributed by atoms with Gasteiger partial charge in [-0.1, -0.05) is 18.2 Å². The molecule has 0 radical (unpaired) electrons. The monoisotopic (exact) mass is 451 g/mol. The van der Waals surface area contributed by atoms with E-state index in [1.807, 2.05) is 18.4 Å². The van der Waals surface area contributed by atoms with E-state index in [1.54, 1.807) is 41.7 Å². The molecule has 1 atom stereocenters. The largest absolute Gasteiger partial charge is 0.332 e. The third kappa shape index (κ3) is 4.55. The third-order valence-corrected chi connectivity index (χ3v) is 6.47. The van der Waals surface area contributed by atoms with Gasteiger partial charge in [0.1, 0.15) is 11.9 Å². The van der Waals surface area contributed by atoms with Crippen LogP contribution in [0, 0.1) is 12.7 Å². The normalized spacial score (nSPS) is 16.0. The number of aryl methyl sites for hydroxylation is 1. The van der Waals surface area contributed by atoms with E-state index in [0.29, 0.717) is 24.3 Å². The molecule has 1 aliphatic rings. The number of benzene rings is 2. The number of hydrogen-bond donors (Lipinski definition) is 1. The highest BCUT2D eigenvalue weighted by Crippen LogP contribution is 2.28. The van der Waals surface area contributed by atoms with Crippen LogP contribution in [0.4, 0.5) is 20.6 Å². The van der Waals surface area contributed by atoms with Crippen molar-refractivity contribution in [2.24, 2.45) is 0 Å². The van der Waals surface area contributed by atoms with Gasteiger partial charge in [-0.25, -0.2) is 14.1 Å². The Morgan fingerprint density at radius 3 is 2.44 bits per heavy atom. The minimum Gasteiger partial charge on any atom is -0.326 e. The Labute approximate surface area is 189 Å². The SMILES string of the molecule is Cc1ccsc1CCN1C(=O)N(c2ccccc2)C(=O)C1CC(=O)Nc1ccc(F)cc1. The highest BCUT2D eigenvalue weighted by atomic mass is 32.1. The van der Waals surface area contributed by atoms with Crippen LogP contribution in [0.1, 0.15) is 16.9 Å². The van der Waals surface area contributed by atoms with Crippen LogP contribution in [-0.2, 0) is 16.0 Å². The van der Waals surface area contributed by atoms with Gasteiger partial charge in [0.15, 0.2) is 0 Å². The molecule has 1 fully saturated rings. The van der Waals surface area contributed by atoms with Crippen molar-refractivity contribution in [2.75, 3.05) is 16.8 Å². The first kappa shape index (κ1) is 21.7. The summed E-state index contributed by atoms with van der Waals surface area (Å²) in [5.41, 5.74) is 2.04. The van der Waals surface area contributed by atoms with E-state index in [9.17, 15) is 18.8 Å². The second-order valence-electron chi connectivity index (χ2n) is 7.54. The van der Waals surface area contributed by atoms with Crippen molar-refractivity contribution < 1.29 is 18.8 Å². The van der Waals surface area contributed by atoms with Crippen LogP contribution >= 0.6 is 11.3 Å². The van der Waals surface area contributed by atoms with Gasteiger partial charge >= 0.3 is 6.03 Å². The van der Waals surface area contributed by atoms with Gasteiger partial charge in [-0.05, 0) is 66.8 Å². The van der Waals surface area contributed by atoms with Gasteiger partial charge in [0.25, 0.3) is 5.91 Å². The first-order valence-corrected chi connectivity index (χ1v) is 11.1. The van der Waals surface area contributed by atoms with Gasteiger partial charge in [0, 0.05) is 17.1 Å². The molecule has 1 saturated heterocycles. The molecule has 6 nitrogen and oxygen atoms in total. The van der Waals surface area contributed by atoms with Crippen molar-refractivity contribution in [3.8, 4) is 0 Å². The molecule has 2 aromatic carbocycles. The number of nitrogens with one attached hydrogen (secondary N) is 1. The summed E-state index contributed by atoms with van der Waals surface area (Å²) in [6, 6.07) is 14.7. The summed E-state index contributed by atoms with van der Waals surface area (Å²) in [4.78, 5) is 42.8. The van der Waals surface area contributed by atoms with Crippen LogP contribution in [0.15, 0.2) is 66.0 Å². The lowest BCUT2D eigenvalue weighted by Crippen LogP contribution is -2.39. The predicted molar refractivity (Wildman–Crippen MR) is 122 cm³/mol. The fourth-order valence-corrected chi connectivity index (χ4v) is 4.60. The lowest BCUT2D eigenvalue weighted by Gasteiger charge is -2.21. The number of amides is 4. The van der Waals surface area contributed by atoms with Crippen molar-refractivity contribution in [1.29, 1.82) is 0 Å². The maximum atomic E-state index is 13.2. The van der Waals surface area contributed by atoms with E-state index in [2.05, 4.69) is 5.32 Å². The highest BCUT2D eigenvalue weighted by Gasteiger charge is 2.46. The molecule has 1 unspecified atom stereocenters. The smallest absolute Gasteiger partial charge is 0.326 e. The summed E-state index contributed by atoms with van der Waals surface area (Å²) in [7, 11) is 0. The number of urea groups is 1. The zero-order valence-corrected chi connectivity index (χ0v) is 18.3. The molecule has 3 aromatic rings. The molecule has 0 saturated carbocycles. The van der Waals surface area contributed by atoms with Crippen LogP contribution < -0.4 is 10.2 Å². The number of imide groups is 1. The summed E-state index contributed by atoms with van der Waals surface area (Å²) in [6.07, 6.45) is 0.413. The average molecular weight is 452 g/mol. The van der Waals surface area contributed by atoms with Crippen molar-refractivity contribution >= 4 is 40.6 Å². The van der Waals surface area contributed by atoms with Gasteiger partial charge in [0.05, 0.1) is 12.1 Å². The topological polar surface area (TPSA) is 69.7 Å². The molecule has 0 spiro atoms. The predicted octanol–water partition coefficient (Wildman–Crippen LogP) is 4.60. The van der Waals surface area contributed by atoms with Crippen molar-refractivity contribution in [3.63, 3.8) is 0 Å². The molecular formula is C24H22FN3O3S. The number of para-hydroxylation sites is 1. The quantitative estimate of drug-likeness (QED) is 0.534. The number of thiophene rings is 1. The van der Waals surface area contributed by atoms with Crippen LogP contribution in [0.5, 0.6) is 0 Å². The van der Waals surface area contributed by atoms with E-state index in [4.69, 9.17) is 0 Å². The van der Waals surface area contributed by atoms with Crippen molar-refractivity contribution in [2.45, 2.75) is 25.8 Å². The molecule has 32 heavy (non-hydrogen) atoms. The maximum Gasteiger partial charge on any atom is 0.332 e. The van der Waals surface area contributed by atoms with Crippen LogP contribution in [0.3, 0.4) is 0 Å². The minimum atomic E-state index is -0.913. The second kappa shape index (κ2) is 9.32. The first-order chi connectivity index (χ1) is 15.4. The fourth-order valence-electron chi connectivity index (χ4n) is 3.71. The second-order valence-corrected chi connectivity index (χ2v) is 8.54. The summed E-state index contributed by atoms with van der Waals surface area (Å²) in [5.74, 6) is -1.26. The van der Waals surface area contributed by atoms with Crippen molar-refractivity contribution in [1.82, 2.24) is 4.90 Å². The van der Waals surface area contributed by atoms with E-state index in [0.717, 1.165) is 15.3 Å². The fraction of sp³-hybridized carbons (Fsp3) is 0.208. The Bertz CT molecular complexity index is 1130. The minimum absolute atomic E-state index is 0.186. The number of carbonyl (C=O) groups excluding carboxylic acids is 3. The number of nitrogens with zero attached hydrogens (tertiary/aromatic N) is 2. The molecule has 164 valence electrons. The molecular weight excluding hydrogens is 429 g/mol. The van der Waals surface area contributed by atoms with Gasteiger partial charge in [-0.2, -0.15) is 0 Å². The van der Waals surface area contributed by atoms with Gasteiger partial charge in [-0.15, -0.1) is 11.3 Å². The van der Waals surface area contributed by atoms with Crippen LogP contribution in [0.2, 0.25) is 0 Å². The standard InChI is InChI=1S/C24H22FN3O3S/c1-16-12-14-32-21(16)11-13-27-20(15-22(29)26-18-9-7-17(25)8-10-18)23(30)28(24(27)31)19-5-3-2-4-6-19/h2-10,12,14,20H,11,13,15H2,1H3,(H,26,29). The van der Waals surface area contributed by atoms with E-state index < -0.39 is 29.7 Å². The lowest BCUT2D eigenvalue weighted by molar-refractivity contribution is -0.124. The number of hydrogen-bond acceptors (Lipinski definition) is 4. The summed E-state index contributed by atoms with van der Waals surface area (Å²) >= 11 is 1.60. The molecule has 1 aliphatic heterocycles. The third-order valence-electron chi connectivity index (χ3n) is 5.39. The molecule has 1 N–H and O–H groups in total. The van der Waals surface area contributed by atoms with Gasteiger partial charge in [0.2, 0.25) is 5.91 Å². The molecule has 0 bridgehead atoms. The van der Waals surface area contributed by atoms with E-state index in [-0.39, 0.29) is 6.42 Å². The molecule has 0 aliphatic carbocycles. The van der Waals surface area contributed by atoms with Gasteiger partial charge in [-0.3, -0.25) is 9.59 Å². The number of halogens is 1. The Morgan fingerprint density at radius 1 is 1.06 bits per heavy atom. The zero-order chi connectivity index (χ0) is 22.7. The Morgan fingerprint density at radius 2 is 1.78 bits per heavy atom. The van der Waals surface area contributed by atoms with E-state index >= 15 is 0 Å². The summed E-state index contributed by atoms with van der Waals surface area (Å²) in [6.45, 7) is 2.33. The molecule has 2 heterocycles. The van der Waals surface area contributed by atoms with Crippen LogP contribution in [0.25, 0.3) is 0 Å². The molecule has 4 amide bonds. The molecule has 8 heteroatoms. The number of anilines is 2. The van der Waals surface area contributed by atoms with Crippen LogP contribution in [-0.4, -0.2) is 35.3 Å². The van der Waals surface area contributed by atoms with Gasteiger partial charge < -0.3 is 10.2 Å². The summed E-state index contributed by atoms with van der Waals surface area (Å²) in [5, 5.41) is 4.66. The maximum absolute atomic E-state index is 13.2. The Hall–Kier alpha value is -3.52. The Balaban J connectivity index is 1.54. The Kier molecular flexibility index (Phi) is 6.32. The number of rotatable bonds is 7. The van der Waals surface area contributed by atoms with Crippen molar-refractivity contribution in [3.05, 3.63) is 82.3 Å². The zero-order valence-electron chi connectivity index (χ0n) is 17.5. The van der Waals surface area contributed by atoms with E-state index in [1.165, 1.54) is 29.2 Å². The molecule has 1 aromatic heterocycles. The highest BCUT2D eigenvalue weighted by molar-refractivity contribution is 7.10. The first-order valence-electron chi connectivity index (χ1n) is 10.2. The molecule has 4 rings (SSSR count).